The molecule has 1 saturated carbocycles. The van der Waals surface area contributed by atoms with Crippen LogP contribution < -0.4 is 0 Å². The maximum Gasteiger partial charge on any atom is 0.404 e. The maximum atomic E-state index is 11.4. The van der Waals surface area contributed by atoms with Crippen LogP contribution in [-0.4, -0.2) is 23.6 Å². The van der Waals surface area contributed by atoms with E-state index in [1.165, 1.54) is 13.3 Å². The van der Waals surface area contributed by atoms with Crippen molar-refractivity contribution in [3.8, 4) is 0 Å². The Morgan fingerprint density at radius 2 is 1.87 bits per heavy atom. The molecule has 0 amide bonds. The molecule has 5 heteroatoms. The third kappa shape index (κ3) is 4.51. The minimum atomic E-state index is -0.983. The summed E-state index contributed by atoms with van der Waals surface area (Å²) in [4.78, 5) is 21.8. The lowest BCUT2D eigenvalue weighted by atomic mass is 9.98. The Balaban J connectivity index is 2.30. The van der Waals surface area contributed by atoms with Crippen molar-refractivity contribution in [1.29, 1.82) is 0 Å². The van der Waals surface area contributed by atoms with Gasteiger partial charge < -0.3 is 9.47 Å². The van der Waals surface area contributed by atoms with Gasteiger partial charge in [0.1, 0.15) is 6.10 Å². The van der Waals surface area contributed by atoms with E-state index in [1.807, 2.05) is 0 Å². The summed E-state index contributed by atoms with van der Waals surface area (Å²) in [7, 11) is 0. The number of esters is 1. The van der Waals surface area contributed by atoms with E-state index in [4.69, 9.17) is 16.3 Å². The van der Waals surface area contributed by atoms with Crippen LogP contribution in [0.3, 0.4) is 0 Å². The van der Waals surface area contributed by atoms with Gasteiger partial charge in [0.05, 0.1) is 0 Å². The number of carbonyl (C=O) groups is 2. The summed E-state index contributed by atoms with van der Waals surface area (Å²) < 4.78 is 9.68. The van der Waals surface area contributed by atoms with Gasteiger partial charge in [-0.15, -0.1) is 0 Å². The predicted octanol–water partition coefficient (Wildman–Crippen LogP) is 2.63. The van der Waals surface area contributed by atoms with Gasteiger partial charge >= 0.3 is 11.4 Å². The summed E-state index contributed by atoms with van der Waals surface area (Å²) in [6.07, 6.45) is 4.21. The van der Waals surface area contributed by atoms with Crippen LogP contribution in [0.2, 0.25) is 0 Å². The summed E-state index contributed by atoms with van der Waals surface area (Å²) in [5.74, 6) is -0.518. The van der Waals surface area contributed by atoms with Crippen molar-refractivity contribution < 1.29 is 19.1 Å². The fraction of sp³-hybridized carbons (Fsp3) is 0.800. The van der Waals surface area contributed by atoms with Crippen LogP contribution in [0, 0.1) is 0 Å². The molecule has 0 bridgehead atoms. The number of rotatable bonds is 3. The Hall–Kier alpha value is -0.770. The monoisotopic (exact) mass is 234 g/mol. The molecule has 0 aromatic rings. The normalized spacial score (nSPS) is 19.3. The molecule has 1 rings (SSSR count). The van der Waals surface area contributed by atoms with Crippen molar-refractivity contribution >= 4 is 23.0 Å². The molecular weight excluding hydrogens is 220 g/mol. The van der Waals surface area contributed by atoms with Gasteiger partial charge in [0.15, 0.2) is 6.10 Å². The zero-order valence-electron chi connectivity index (χ0n) is 8.70. The van der Waals surface area contributed by atoms with Crippen molar-refractivity contribution in [1.82, 2.24) is 0 Å². The molecule has 1 aliphatic rings. The maximum absolute atomic E-state index is 11.4. The lowest BCUT2D eigenvalue weighted by molar-refractivity contribution is -0.159. The summed E-state index contributed by atoms with van der Waals surface area (Å²) in [5.41, 5.74) is -0.983. The molecule has 0 saturated heterocycles. The zero-order valence-corrected chi connectivity index (χ0v) is 9.46. The van der Waals surface area contributed by atoms with E-state index in [0.29, 0.717) is 0 Å². The Labute approximate surface area is 93.9 Å². The first-order chi connectivity index (χ1) is 7.09. The van der Waals surface area contributed by atoms with E-state index < -0.39 is 17.5 Å². The van der Waals surface area contributed by atoms with E-state index in [2.05, 4.69) is 4.74 Å². The van der Waals surface area contributed by atoms with E-state index >= 15 is 0 Å². The number of ether oxygens (including phenoxy) is 2. The van der Waals surface area contributed by atoms with Gasteiger partial charge in [0.2, 0.25) is 0 Å². The topological polar surface area (TPSA) is 52.6 Å². The van der Waals surface area contributed by atoms with Crippen LogP contribution in [0.15, 0.2) is 0 Å². The summed E-state index contributed by atoms with van der Waals surface area (Å²) >= 11 is 4.99. The molecule has 86 valence electrons. The van der Waals surface area contributed by atoms with Crippen LogP contribution in [0.25, 0.3) is 0 Å². The highest BCUT2D eigenvalue weighted by molar-refractivity contribution is 6.61. The van der Waals surface area contributed by atoms with Crippen LogP contribution in [0.5, 0.6) is 0 Å². The van der Waals surface area contributed by atoms with Gasteiger partial charge in [-0.05, 0) is 32.6 Å². The van der Waals surface area contributed by atoms with E-state index in [-0.39, 0.29) is 6.10 Å². The number of hydrogen-bond acceptors (Lipinski definition) is 4. The molecule has 4 nitrogen and oxygen atoms in total. The Bertz CT molecular complexity index is 236. The van der Waals surface area contributed by atoms with Gasteiger partial charge in [-0.1, -0.05) is 6.42 Å². The fourth-order valence-electron chi connectivity index (χ4n) is 1.63. The molecule has 1 aliphatic carbocycles. The second-order valence-electron chi connectivity index (χ2n) is 3.69. The molecule has 1 atom stereocenters. The van der Waals surface area contributed by atoms with Gasteiger partial charge in [0.25, 0.3) is 0 Å². The molecule has 0 aromatic heterocycles. The predicted molar refractivity (Wildman–Crippen MR) is 54.8 cm³/mol. The standard InChI is InChI=1S/C10H15ClO4/c1-7(14-10(11)13)9(12)15-8-5-3-2-4-6-8/h7-8H,2-6H2,1H3. The van der Waals surface area contributed by atoms with Gasteiger partial charge in [0, 0.05) is 11.6 Å². The highest BCUT2D eigenvalue weighted by atomic mass is 35.5. The van der Waals surface area contributed by atoms with Gasteiger partial charge in [-0.2, -0.15) is 0 Å². The average molecular weight is 235 g/mol. The number of carbonyl (C=O) groups excluding carboxylic acids is 2. The van der Waals surface area contributed by atoms with Crippen molar-refractivity contribution in [2.45, 2.75) is 51.2 Å². The number of hydrogen-bond donors (Lipinski definition) is 0. The van der Waals surface area contributed by atoms with E-state index in [9.17, 15) is 9.59 Å². The lowest BCUT2D eigenvalue weighted by Crippen LogP contribution is -2.29. The molecule has 0 heterocycles. The SMILES string of the molecule is CC(OC(=O)Cl)C(=O)OC1CCCCC1. The van der Waals surface area contributed by atoms with Crippen LogP contribution in [0.4, 0.5) is 4.79 Å². The van der Waals surface area contributed by atoms with Gasteiger partial charge in [-0.3, -0.25) is 0 Å². The fourth-order valence-corrected chi connectivity index (χ4v) is 1.76. The van der Waals surface area contributed by atoms with Crippen LogP contribution in [-0.2, 0) is 14.3 Å². The average Bonchev–Trinajstić information content (AvgIpc) is 2.18. The van der Waals surface area contributed by atoms with Crippen LogP contribution in [0.1, 0.15) is 39.0 Å². The quantitative estimate of drug-likeness (QED) is 0.556. The second kappa shape index (κ2) is 5.95. The van der Waals surface area contributed by atoms with Crippen LogP contribution >= 0.6 is 11.6 Å². The van der Waals surface area contributed by atoms with E-state index in [1.54, 1.807) is 0 Å². The third-order valence-electron chi connectivity index (χ3n) is 2.44. The lowest BCUT2D eigenvalue weighted by Gasteiger charge is -2.23. The first-order valence-electron chi connectivity index (χ1n) is 5.16. The highest BCUT2D eigenvalue weighted by Crippen LogP contribution is 2.20. The Morgan fingerprint density at radius 1 is 1.27 bits per heavy atom. The highest BCUT2D eigenvalue weighted by Gasteiger charge is 2.23. The van der Waals surface area contributed by atoms with Crippen molar-refractivity contribution in [2.75, 3.05) is 0 Å². The van der Waals surface area contributed by atoms with Crippen molar-refractivity contribution in [3.05, 3.63) is 0 Å². The molecule has 0 N–H and O–H groups in total. The molecule has 1 fully saturated rings. The molecule has 0 spiro atoms. The molecular formula is C10H15ClO4. The minimum absolute atomic E-state index is 0.0253. The Morgan fingerprint density at radius 3 is 2.40 bits per heavy atom. The first-order valence-corrected chi connectivity index (χ1v) is 5.54. The number of halogens is 1. The molecule has 15 heavy (non-hydrogen) atoms. The largest absolute Gasteiger partial charge is 0.460 e. The van der Waals surface area contributed by atoms with Gasteiger partial charge in [-0.25, -0.2) is 9.59 Å². The molecule has 0 aromatic carbocycles. The minimum Gasteiger partial charge on any atom is -0.460 e. The summed E-state index contributed by atoms with van der Waals surface area (Å²) in [6.45, 7) is 1.45. The van der Waals surface area contributed by atoms with Crippen molar-refractivity contribution in [3.63, 3.8) is 0 Å². The first kappa shape index (κ1) is 12.3. The molecule has 1 unspecified atom stereocenters. The summed E-state index contributed by atoms with van der Waals surface area (Å²) in [6, 6.07) is 0. The second-order valence-corrected chi connectivity index (χ2v) is 4.00. The summed E-state index contributed by atoms with van der Waals surface area (Å²) in [5, 5.41) is 0. The molecule has 0 aliphatic heterocycles. The zero-order chi connectivity index (χ0) is 11.3. The van der Waals surface area contributed by atoms with Crippen molar-refractivity contribution in [2.24, 2.45) is 0 Å². The smallest absolute Gasteiger partial charge is 0.404 e. The Kier molecular flexibility index (Phi) is 4.88. The third-order valence-corrected chi connectivity index (χ3v) is 2.53. The van der Waals surface area contributed by atoms with E-state index in [0.717, 1.165) is 25.7 Å². The molecule has 0 radical (unpaired) electrons.